The first-order valence-corrected chi connectivity index (χ1v) is 14.3. The highest BCUT2D eigenvalue weighted by molar-refractivity contribution is 7.98. The molecule has 0 aromatic rings. The van der Waals surface area contributed by atoms with Crippen LogP contribution in [0.3, 0.4) is 0 Å². The number of amides is 3. The van der Waals surface area contributed by atoms with Crippen LogP contribution in [-0.2, 0) is 19.2 Å². The van der Waals surface area contributed by atoms with Gasteiger partial charge >= 0.3 is 5.97 Å². The highest BCUT2D eigenvalue weighted by Crippen LogP contribution is 2.20. The summed E-state index contributed by atoms with van der Waals surface area (Å²) in [6.45, 7) is 0.592. The maximum absolute atomic E-state index is 13.4. The SMILES string of the molecule is CSCCC(N)C(=O)NC(CCSC)C(=O)N1CCCC1C(=O)NC(CCCN=C(N)N)C(=O)O. The Hall–Kier alpha value is -2.19. The molecule has 12 nitrogen and oxygen atoms in total. The number of carboxylic acids is 1. The molecule has 0 saturated carbocycles. The molecule has 0 aromatic carbocycles. The molecule has 1 fully saturated rings. The minimum Gasteiger partial charge on any atom is -0.480 e. The highest BCUT2D eigenvalue weighted by Gasteiger charge is 2.38. The first-order valence-electron chi connectivity index (χ1n) is 11.5. The van der Waals surface area contributed by atoms with E-state index in [1.54, 1.807) is 23.5 Å². The Morgan fingerprint density at radius 1 is 1.06 bits per heavy atom. The van der Waals surface area contributed by atoms with Gasteiger partial charge in [-0.25, -0.2) is 4.79 Å². The second-order valence-electron chi connectivity index (χ2n) is 8.27. The van der Waals surface area contributed by atoms with E-state index in [1.165, 1.54) is 4.90 Å². The molecule has 0 spiro atoms. The molecule has 200 valence electrons. The van der Waals surface area contributed by atoms with Crippen LogP contribution in [-0.4, -0.2) is 101 Å². The van der Waals surface area contributed by atoms with Crippen LogP contribution >= 0.6 is 23.5 Å². The Balaban J connectivity index is 2.85. The zero-order valence-corrected chi connectivity index (χ0v) is 22.0. The minimum absolute atomic E-state index is 0.0886. The van der Waals surface area contributed by atoms with Crippen LogP contribution in [0.2, 0.25) is 0 Å². The lowest BCUT2D eigenvalue weighted by atomic mass is 10.1. The van der Waals surface area contributed by atoms with Gasteiger partial charge in [-0.05, 0) is 62.5 Å². The third-order valence-electron chi connectivity index (χ3n) is 5.59. The van der Waals surface area contributed by atoms with Gasteiger partial charge in [-0.3, -0.25) is 19.4 Å². The topological polar surface area (TPSA) is 206 Å². The summed E-state index contributed by atoms with van der Waals surface area (Å²) >= 11 is 3.13. The van der Waals surface area contributed by atoms with Crippen molar-refractivity contribution < 1.29 is 24.3 Å². The lowest BCUT2D eigenvalue weighted by molar-refractivity contribution is -0.145. The summed E-state index contributed by atoms with van der Waals surface area (Å²) in [6, 6.07) is -3.46. The van der Waals surface area contributed by atoms with E-state index in [-0.39, 0.29) is 24.8 Å². The summed E-state index contributed by atoms with van der Waals surface area (Å²) in [7, 11) is 0. The third kappa shape index (κ3) is 10.9. The zero-order valence-electron chi connectivity index (χ0n) is 20.4. The summed E-state index contributed by atoms with van der Waals surface area (Å²) in [5, 5.41) is 14.8. The Morgan fingerprint density at radius 2 is 1.71 bits per heavy atom. The molecule has 0 bridgehead atoms. The number of carbonyl (C=O) groups is 4. The average molecular weight is 534 g/mol. The number of thioether (sulfide) groups is 2. The minimum atomic E-state index is -1.18. The Labute approximate surface area is 214 Å². The molecule has 1 aliphatic rings. The van der Waals surface area contributed by atoms with Crippen molar-refractivity contribution in [2.75, 3.05) is 37.1 Å². The maximum Gasteiger partial charge on any atom is 0.326 e. The molecule has 1 rings (SSSR count). The van der Waals surface area contributed by atoms with Gasteiger partial charge in [0.05, 0.1) is 6.04 Å². The molecule has 9 N–H and O–H groups in total. The number of aliphatic carboxylic acids is 1. The van der Waals surface area contributed by atoms with Crippen molar-refractivity contribution in [3.05, 3.63) is 0 Å². The van der Waals surface area contributed by atoms with Gasteiger partial charge in [0.2, 0.25) is 17.7 Å². The quantitative estimate of drug-likeness (QED) is 0.0803. The Kier molecular flexibility index (Phi) is 14.5. The number of hydrogen-bond donors (Lipinski definition) is 6. The molecule has 0 aliphatic carbocycles. The lowest BCUT2D eigenvalue weighted by Crippen LogP contribution is -2.57. The largest absolute Gasteiger partial charge is 0.480 e. The number of aliphatic imine (C=N–C) groups is 1. The van der Waals surface area contributed by atoms with Crippen LogP contribution in [0.4, 0.5) is 0 Å². The second kappa shape index (κ2) is 16.5. The summed E-state index contributed by atoms with van der Waals surface area (Å²) < 4.78 is 0. The van der Waals surface area contributed by atoms with Crippen molar-refractivity contribution in [2.24, 2.45) is 22.2 Å². The molecule has 0 radical (unpaired) electrons. The molecule has 1 saturated heterocycles. The molecule has 35 heavy (non-hydrogen) atoms. The van der Waals surface area contributed by atoms with E-state index < -0.39 is 42.0 Å². The normalized spacial score (nSPS) is 17.8. The number of likely N-dealkylation sites (tertiary alicyclic amines) is 1. The van der Waals surface area contributed by atoms with Crippen molar-refractivity contribution in [3.63, 3.8) is 0 Å². The lowest BCUT2D eigenvalue weighted by Gasteiger charge is -2.30. The molecular formula is C21H39N7O5S2. The van der Waals surface area contributed by atoms with Crippen molar-refractivity contribution in [3.8, 4) is 0 Å². The van der Waals surface area contributed by atoms with E-state index >= 15 is 0 Å². The van der Waals surface area contributed by atoms with Crippen LogP contribution < -0.4 is 27.8 Å². The smallest absolute Gasteiger partial charge is 0.326 e. The average Bonchev–Trinajstić information content (AvgIpc) is 3.31. The molecule has 3 amide bonds. The standard InChI is InChI=1S/C21H39N7O5S2/c1-34-11-7-13(22)17(29)26-14(8-12-35-2)19(31)28-10-4-6-16(28)18(30)27-15(20(32)33)5-3-9-25-21(23)24/h13-16H,3-12,22H2,1-2H3,(H,26,29)(H,27,30)(H,32,33)(H4,23,24,25). The maximum atomic E-state index is 13.4. The molecule has 14 heteroatoms. The number of nitrogens with zero attached hydrogens (tertiary/aromatic N) is 2. The van der Waals surface area contributed by atoms with Crippen LogP contribution in [0.15, 0.2) is 4.99 Å². The van der Waals surface area contributed by atoms with Gasteiger partial charge in [-0.2, -0.15) is 23.5 Å². The summed E-state index contributed by atoms with van der Waals surface area (Å²) in [5.41, 5.74) is 16.5. The van der Waals surface area contributed by atoms with E-state index in [0.717, 1.165) is 5.75 Å². The third-order valence-corrected chi connectivity index (χ3v) is 6.88. The number of hydrogen-bond acceptors (Lipinski definition) is 8. The van der Waals surface area contributed by atoms with Gasteiger partial charge in [-0.1, -0.05) is 0 Å². The highest BCUT2D eigenvalue weighted by atomic mass is 32.2. The molecule has 1 heterocycles. The van der Waals surface area contributed by atoms with Gasteiger partial charge < -0.3 is 37.8 Å². The van der Waals surface area contributed by atoms with E-state index in [4.69, 9.17) is 17.2 Å². The fraction of sp³-hybridized carbons (Fsp3) is 0.762. The zero-order chi connectivity index (χ0) is 26.4. The van der Waals surface area contributed by atoms with Gasteiger partial charge in [0, 0.05) is 13.1 Å². The van der Waals surface area contributed by atoms with E-state index in [9.17, 15) is 24.3 Å². The van der Waals surface area contributed by atoms with E-state index in [1.807, 2.05) is 12.5 Å². The predicted molar refractivity (Wildman–Crippen MR) is 140 cm³/mol. The van der Waals surface area contributed by atoms with Gasteiger partial charge in [-0.15, -0.1) is 0 Å². The van der Waals surface area contributed by atoms with Crippen molar-refractivity contribution >= 4 is 53.2 Å². The number of carboxylic acid groups (broad SMARTS) is 1. The van der Waals surface area contributed by atoms with Crippen LogP contribution in [0.25, 0.3) is 0 Å². The molecule has 1 aliphatic heterocycles. The van der Waals surface area contributed by atoms with Gasteiger partial charge in [0.1, 0.15) is 18.1 Å². The van der Waals surface area contributed by atoms with E-state index in [2.05, 4.69) is 15.6 Å². The molecule has 4 unspecified atom stereocenters. The Morgan fingerprint density at radius 3 is 2.31 bits per heavy atom. The molecular weight excluding hydrogens is 494 g/mol. The predicted octanol–water partition coefficient (Wildman–Crippen LogP) is -1.08. The molecule has 4 atom stereocenters. The first kappa shape index (κ1) is 30.8. The summed E-state index contributed by atoms with van der Waals surface area (Å²) in [4.78, 5) is 55.7. The summed E-state index contributed by atoms with van der Waals surface area (Å²) in [5.74, 6) is -1.19. The second-order valence-corrected chi connectivity index (χ2v) is 10.2. The summed E-state index contributed by atoms with van der Waals surface area (Å²) in [6.07, 6.45) is 6.23. The van der Waals surface area contributed by atoms with Crippen LogP contribution in [0.5, 0.6) is 0 Å². The van der Waals surface area contributed by atoms with Gasteiger partial charge in [0.25, 0.3) is 0 Å². The molecule has 0 aromatic heterocycles. The fourth-order valence-corrected chi connectivity index (χ4v) is 4.64. The number of nitrogens with two attached hydrogens (primary N) is 3. The monoisotopic (exact) mass is 533 g/mol. The fourth-order valence-electron chi connectivity index (χ4n) is 3.68. The van der Waals surface area contributed by atoms with Crippen LogP contribution in [0.1, 0.15) is 38.5 Å². The number of rotatable bonds is 16. The van der Waals surface area contributed by atoms with Crippen molar-refractivity contribution in [2.45, 2.75) is 62.7 Å². The van der Waals surface area contributed by atoms with E-state index in [0.29, 0.717) is 44.4 Å². The number of nitrogens with one attached hydrogen (secondary N) is 2. The van der Waals surface area contributed by atoms with Crippen molar-refractivity contribution in [1.82, 2.24) is 15.5 Å². The van der Waals surface area contributed by atoms with Crippen molar-refractivity contribution in [1.29, 1.82) is 0 Å². The Bertz CT molecular complexity index is 752. The van der Waals surface area contributed by atoms with Crippen LogP contribution in [0, 0.1) is 0 Å². The number of guanidine groups is 1. The number of carbonyl (C=O) groups excluding carboxylic acids is 3. The first-order chi connectivity index (χ1) is 16.6. The van der Waals surface area contributed by atoms with Gasteiger partial charge in [0.15, 0.2) is 5.96 Å².